The van der Waals surface area contributed by atoms with Crippen molar-refractivity contribution >= 4 is 62.5 Å². The lowest BCUT2D eigenvalue weighted by atomic mass is 10.1. The van der Waals surface area contributed by atoms with Gasteiger partial charge in [0.1, 0.15) is 4.88 Å². The highest BCUT2D eigenvalue weighted by atomic mass is 79.9. The van der Waals surface area contributed by atoms with Crippen LogP contribution in [0.3, 0.4) is 0 Å². The molecule has 2 N–H and O–H groups in total. The first-order chi connectivity index (χ1) is 12.1. The minimum atomic E-state index is -0.872. The molecule has 0 bridgehead atoms. The normalized spacial score (nSPS) is 14.8. The van der Waals surface area contributed by atoms with Gasteiger partial charge in [0, 0.05) is 37.1 Å². The number of thioether (sulfide) groups is 1. The zero-order valence-electron chi connectivity index (χ0n) is 14.6. The van der Waals surface area contributed by atoms with Crippen molar-refractivity contribution in [2.75, 3.05) is 51.0 Å². The highest BCUT2D eigenvalue weighted by molar-refractivity contribution is 8.93. The molecule has 2 aromatic heterocycles. The molecule has 144 valence electrons. The van der Waals surface area contributed by atoms with E-state index >= 15 is 0 Å². The first-order valence-corrected chi connectivity index (χ1v) is 10.9. The monoisotopic (exact) mass is 479 g/mol. The van der Waals surface area contributed by atoms with Gasteiger partial charge in [0.2, 0.25) is 0 Å². The number of nitrogens with one attached hydrogen (secondary N) is 1. The predicted octanol–water partition coefficient (Wildman–Crippen LogP) is 3.92. The number of thiazole rings is 1. The molecule has 1 aliphatic heterocycles. The lowest BCUT2D eigenvalue weighted by Gasteiger charge is -2.26. The number of carbonyl (C=O) groups is 1. The van der Waals surface area contributed by atoms with E-state index in [1.54, 1.807) is 23.1 Å². The number of carboxylic acids is 1. The van der Waals surface area contributed by atoms with E-state index in [2.05, 4.69) is 15.2 Å². The minimum absolute atomic E-state index is 0. The second kappa shape index (κ2) is 10.0. The van der Waals surface area contributed by atoms with Crippen LogP contribution in [0.2, 0.25) is 0 Å². The average molecular weight is 480 g/mol. The van der Waals surface area contributed by atoms with Crippen molar-refractivity contribution in [1.29, 1.82) is 0 Å². The van der Waals surface area contributed by atoms with Crippen molar-refractivity contribution < 1.29 is 14.6 Å². The quantitative estimate of drug-likeness (QED) is 0.582. The van der Waals surface area contributed by atoms with Gasteiger partial charge in [-0.25, -0.2) is 9.78 Å². The van der Waals surface area contributed by atoms with Crippen LogP contribution in [-0.2, 0) is 4.74 Å². The third kappa shape index (κ3) is 4.99. The number of rotatable bonds is 7. The van der Waals surface area contributed by atoms with Gasteiger partial charge in [-0.15, -0.1) is 51.4 Å². The second-order valence-corrected chi connectivity index (χ2v) is 8.60. The van der Waals surface area contributed by atoms with E-state index in [1.165, 1.54) is 11.3 Å². The number of halogens is 1. The van der Waals surface area contributed by atoms with Gasteiger partial charge in [-0.2, -0.15) is 0 Å². The molecule has 0 saturated carbocycles. The van der Waals surface area contributed by atoms with Gasteiger partial charge >= 0.3 is 5.97 Å². The average Bonchev–Trinajstić information content (AvgIpc) is 3.19. The van der Waals surface area contributed by atoms with Gasteiger partial charge in [0.05, 0.1) is 23.1 Å². The molecule has 6 nitrogen and oxygen atoms in total. The number of hydrogen-bond acceptors (Lipinski definition) is 8. The van der Waals surface area contributed by atoms with Gasteiger partial charge in [0.25, 0.3) is 0 Å². The standard InChI is InChI=1S/C16H21N3O3S3.BrH/c1-10-12(15(23-2)25-13(10)14(20)21)11-9-24-16(18-11)17-3-4-19-5-7-22-8-6-19;/h9H,3-8H2,1-2H3,(H,17,18)(H,20,21);1H. The highest BCUT2D eigenvalue weighted by Crippen LogP contribution is 2.42. The summed E-state index contributed by atoms with van der Waals surface area (Å²) in [6.45, 7) is 7.24. The molecule has 3 rings (SSSR count). The van der Waals surface area contributed by atoms with Gasteiger partial charge in [-0.1, -0.05) is 0 Å². The number of carboxylic acid groups (broad SMARTS) is 1. The fraction of sp³-hybridized carbons (Fsp3) is 0.500. The molecule has 0 atom stereocenters. The first-order valence-electron chi connectivity index (χ1n) is 8.00. The van der Waals surface area contributed by atoms with Crippen molar-refractivity contribution in [3.63, 3.8) is 0 Å². The van der Waals surface area contributed by atoms with Gasteiger partial charge in [0.15, 0.2) is 5.13 Å². The summed E-state index contributed by atoms with van der Waals surface area (Å²) < 4.78 is 6.35. The molecule has 26 heavy (non-hydrogen) atoms. The summed E-state index contributed by atoms with van der Waals surface area (Å²) in [6.07, 6.45) is 1.97. The summed E-state index contributed by atoms with van der Waals surface area (Å²) in [5, 5.41) is 15.6. The summed E-state index contributed by atoms with van der Waals surface area (Å²) in [4.78, 5) is 18.8. The van der Waals surface area contributed by atoms with Crippen molar-refractivity contribution in [3.05, 3.63) is 15.8 Å². The van der Waals surface area contributed by atoms with Gasteiger partial charge in [-0.3, -0.25) is 4.90 Å². The number of nitrogens with zero attached hydrogens (tertiary/aromatic N) is 2. The highest BCUT2D eigenvalue weighted by Gasteiger charge is 2.22. The van der Waals surface area contributed by atoms with Crippen LogP contribution in [-0.4, -0.2) is 66.6 Å². The first kappa shape index (κ1) is 21.6. The van der Waals surface area contributed by atoms with E-state index in [-0.39, 0.29) is 17.0 Å². The number of aromatic carboxylic acids is 1. The molecule has 0 aliphatic carbocycles. The van der Waals surface area contributed by atoms with Gasteiger partial charge in [-0.05, 0) is 18.7 Å². The molecule has 0 spiro atoms. The van der Waals surface area contributed by atoms with Crippen molar-refractivity contribution in [3.8, 4) is 11.3 Å². The molecule has 10 heteroatoms. The van der Waals surface area contributed by atoms with E-state index in [0.717, 1.165) is 65.6 Å². The number of ether oxygens (including phenoxy) is 1. The Labute approximate surface area is 175 Å². The van der Waals surface area contributed by atoms with Crippen LogP contribution in [0, 0.1) is 6.92 Å². The van der Waals surface area contributed by atoms with Crippen molar-refractivity contribution in [2.24, 2.45) is 0 Å². The van der Waals surface area contributed by atoms with E-state index in [1.807, 2.05) is 18.6 Å². The molecule has 0 aromatic carbocycles. The van der Waals surface area contributed by atoms with Crippen LogP contribution in [0.25, 0.3) is 11.3 Å². The number of aromatic nitrogens is 1. The molecular weight excluding hydrogens is 458 g/mol. The van der Waals surface area contributed by atoms with E-state index in [0.29, 0.717) is 4.88 Å². The Hall–Kier alpha value is -0.650. The molecule has 1 fully saturated rings. The Morgan fingerprint density at radius 3 is 2.85 bits per heavy atom. The third-order valence-electron chi connectivity index (χ3n) is 4.06. The van der Waals surface area contributed by atoms with Crippen LogP contribution in [0.1, 0.15) is 15.2 Å². The molecule has 1 saturated heterocycles. The van der Waals surface area contributed by atoms with E-state index in [9.17, 15) is 9.90 Å². The molecular formula is C16H22BrN3O3S3. The van der Waals surface area contributed by atoms with Crippen LogP contribution in [0.5, 0.6) is 0 Å². The van der Waals surface area contributed by atoms with Crippen LogP contribution >= 0.6 is 51.4 Å². The zero-order valence-corrected chi connectivity index (χ0v) is 18.8. The van der Waals surface area contributed by atoms with Crippen molar-refractivity contribution in [2.45, 2.75) is 11.1 Å². The maximum Gasteiger partial charge on any atom is 0.346 e. The molecule has 0 amide bonds. The summed E-state index contributed by atoms with van der Waals surface area (Å²) >= 11 is 4.45. The fourth-order valence-electron chi connectivity index (χ4n) is 2.75. The Kier molecular flexibility index (Phi) is 8.37. The molecule has 1 aliphatic rings. The van der Waals surface area contributed by atoms with Crippen LogP contribution in [0.4, 0.5) is 5.13 Å². The molecule has 2 aromatic rings. The number of hydrogen-bond donors (Lipinski definition) is 2. The Morgan fingerprint density at radius 2 is 2.19 bits per heavy atom. The maximum absolute atomic E-state index is 11.4. The van der Waals surface area contributed by atoms with Crippen LogP contribution < -0.4 is 5.32 Å². The summed E-state index contributed by atoms with van der Waals surface area (Å²) in [6, 6.07) is 0. The summed E-state index contributed by atoms with van der Waals surface area (Å²) in [7, 11) is 0. The Morgan fingerprint density at radius 1 is 1.46 bits per heavy atom. The Balaban J connectivity index is 0.00000243. The van der Waals surface area contributed by atoms with E-state index < -0.39 is 5.97 Å². The number of thiophene rings is 1. The summed E-state index contributed by atoms with van der Waals surface area (Å²) in [5.74, 6) is -0.872. The Bertz CT molecular complexity index is 744. The maximum atomic E-state index is 11.4. The van der Waals surface area contributed by atoms with E-state index in [4.69, 9.17) is 4.74 Å². The number of morpholine rings is 1. The van der Waals surface area contributed by atoms with Crippen molar-refractivity contribution in [1.82, 2.24) is 9.88 Å². The number of anilines is 1. The zero-order chi connectivity index (χ0) is 17.8. The summed E-state index contributed by atoms with van der Waals surface area (Å²) in [5.41, 5.74) is 2.60. The fourth-order valence-corrected chi connectivity index (χ4v) is 5.41. The second-order valence-electron chi connectivity index (χ2n) is 5.65. The minimum Gasteiger partial charge on any atom is -0.477 e. The molecule has 3 heterocycles. The SMILES string of the molecule is Br.CSc1sc(C(=O)O)c(C)c1-c1csc(NCCN2CCOCC2)n1. The lowest BCUT2D eigenvalue weighted by Crippen LogP contribution is -2.38. The predicted molar refractivity (Wildman–Crippen MR) is 115 cm³/mol. The lowest BCUT2D eigenvalue weighted by molar-refractivity contribution is 0.0398. The molecule has 0 radical (unpaired) electrons. The molecule has 0 unspecified atom stereocenters. The van der Waals surface area contributed by atoms with Crippen LogP contribution in [0.15, 0.2) is 9.59 Å². The largest absolute Gasteiger partial charge is 0.477 e. The van der Waals surface area contributed by atoms with Gasteiger partial charge < -0.3 is 15.2 Å². The topological polar surface area (TPSA) is 74.7 Å². The smallest absolute Gasteiger partial charge is 0.346 e. The third-order valence-corrected chi connectivity index (χ3v) is 7.26.